The lowest BCUT2D eigenvalue weighted by atomic mass is 9.73. The van der Waals surface area contributed by atoms with E-state index in [1.165, 1.54) is 24.3 Å². The van der Waals surface area contributed by atoms with Crippen LogP contribution in [-0.4, -0.2) is 29.6 Å². The van der Waals surface area contributed by atoms with Gasteiger partial charge in [0.25, 0.3) is 0 Å². The third kappa shape index (κ3) is 2.45. The van der Waals surface area contributed by atoms with Crippen molar-refractivity contribution in [3.05, 3.63) is 47.7 Å². The molecule has 3 rings (SSSR count). The molecule has 1 aliphatic carbocycles. The van der Waals surface area contributed by atoms with Crippen LogP contribution in [0.25, 0.3) is 0 Å². The van der Waals surface area contributed by atoms with Crippen LogP contribution in [0, 0.1) is 11.8 Å². The number of benzene rings is 1. The predicted octanol–water partition coefficient (Wildman–Crippen LogP) is 2.33. The van der Waals surface area contributed by atoms with E-state index in [0.29, 0.717) is 0 Å². The van der Waals surface area contributed by atoms with Crippen LogP contribution in [0.4, 0.5) is 13.2 Å². The third-order valence-corrected chi connectivity index (χ3v) is 3.59. The van der Waals surface area contributed by atoms with Gasteiger partial charge in [0, 0.05) is 17.3 Å². The van der Waals surface area contributed by atoms with Gasteiger partial charge in [-0.1, -0.05) is 30.3 Å². The molecule has 0 bridgehead atoms. The molecule has 0 amide bonds. The van der Waals surface area contributed by atoms with Crippen LogP contribution < -0.4 is 0 Å². The molecule has 0 spiro atoms. The number of fused-ring (bicyclic) bond motifs is 2. The second kappa shape index (κ2) is 5.15. The summed E-state index contributed by atoms with van der Waals surface area (Å²) in [4.78, 5) is 39.4. The molecule has 5 nitrogen and oxygen atoms in total. The Bertz CT molecular complexity index is 779. The number of ether oxygens (including phenoxy) is 1. The molecular weight excluding hydrogens is 315 g/mol. The fraction of sp³-hybridized carbons (Fsp3) is 0.200. The number of allylic oxidation sites excluding steroid dienone is 1. The number of ketones is 2. The molecule has 23 heavy (non-hydrogen) atoms. The van der Waals surface area contributed by atoms with Gasteiger partial charge in [-0.3, -0.25) is 9.59 Å². The number of rotatable bonds is 0. The largest absolute Gasteiger partial charge is 0.491 e. The van der Waals surface area contributed by atoms with E-state index >= 15 is 0 Å². The summed E-state index contributed by atoms with van der Waals surface area (Å²) in [5, 5.41) is 0. The van der Waals surface area contributed by atoms with Gasteiger partial charge in [-0.15, -0.1) is 0 Å². The van der Waals surface area contributed by atoms with Gasteiger partial charge in [0.15, 0.2) is 11.6 Å². The second-order valence-corrected chi connectivity index (χ2v) is 4.97. The maximum absolute atomic E-state index is 12.5. The standard InChI is InChI=1S/C15H8F3NO4/c16-15(17,18)14(22)23-13-10-9(5-6-19-13)11(20)7-3-1-2-4-8(7)12(10)21/h1-6,9-10H. The second-order valence-electron chi connectivity index (χ2n) is 4.97. The van der Waals surface area contributed by atoms with Crippen LogP contribution in [0.1, 0.15) is 20.7 Å². The van der Waals surface area contributed by atoms with Gasteiger partial charge < -0.3 is 4.74 Å². The zero-order valence-corrected chi connectivity index (χ0v) is 11.3. The van der Waals surface area contributed by atoms with Gasteiger partial charge in [0.2, 0.25) is 5.90 Å². The summed E-state index contributed by atoms with van der Waals surface area (Å²) >= 11 is 0. The zero-order chi connectivity index (χ0) is 16.8. The van der Waals surface area contributed by atoms with Crippen molar-refractivity contribution in [2.75, 3.05) is 0 Å². The minimum atomic E-state index is -5.22. The van der Waals surface area contributed by atoms with Crippen LogP contribution >= 0.6 is 0 Å². The summed E-state index contributed by atoms with van der Waals surface area (Å²) in [6.07, 6.45) is -2.86. The Balaban J connectivity index is 2.00. The van der Waals surface area contributed by atoms with Crippen molar-refractivity contribution in [3.8, 4) is 0 Å². The van der Waals surface area contributed by atoms with Crippen molar-refractivity contribution in [2.45, 2.75) is 6.18 Å². The maximum Gasteiger partial charge on any atom is 0.491 e. The molecule has 1 aromatic rings. The number of hydrogen-bond acceptors (Lipinski definition) is 5. The van der Waals surface area contributed by atoms with Gasteiger partial charge in [0.05, 0.1) is 5.92 Å². The Morgan fingerprint density at radius 2 is 1.70 bits per heavy atom. The molecule has 0 N–H and O–H groups in total. The van der Waals surface area contributed by atoms with Crippen LogP contribution in [0.2, 0.25) is 0 Å². The molecule has 1 aliphatic heterocycles. The number of nitrogens with zero attached hydrogens (tertiary/aromatic N) is 1. The number of alkyl halides is 3. The average Bonchev–Trinajstić information content (AvgIpc) is 2.51. The minimum absolute atomic E-state index is 0.0739. The first-order valence-corrected chi connectivity index (χ1v) is 6.51. The molecule has 2 unspecified atom stereocenters. The average molecular weight is 323 g/mol. The van der Waals surface area contributed by atoms with Crippen molar-refractivity contribution >= 4 is 23.4 Å². The molecule has 1 aromatic carbocycles. The Morgan fingerprint density at radius 3 is 2.30 bits per heavy atom. The van der Waals surface area contributed by atoms with Crippen LogP contribution in [0.15, 0.2) is 41.5 Å². The maximum atomic E-state index is 12.5. The number of hydrogen-bond donors (Lipinski definition) is 0. The highest BCUT2D eigenvalue weighted by Gasteiger charge is 2.48. The van der Waals surface area contributed by atoms with E-state index in [9.17, 15) is 27.6 Å². The number of aliphatic imine (C=N–C) groups is 1. The lowest BCUT2D eigenvalue weighted by Gasteiger charge is -2.30. The van der Waals surface area contributed by atoms with Crippen LogP contribution in [-0.2, 0) is 9.53 Å². The molecule has 0 radical (unpaired) electrons. The monoisotopic (exact) mass is 323 g/mol. The molecule has 0 saturated carbocycles. The van der Waals surface area contributed by atoms with Crippen molar-refractivity contribution < 1.29 is 32.3 Å². The van der Waals surface area contributed by atoms with Crippen LogP contribution in [0.5, 0.6) is 0 Å². The molecule has 0 aromatic heterocycles. The fourth-order valence-electron chi connectivity index (χ4n) is 2.57. The van der Waals surface area contributed by atoms with Gasteiger partial charge in [-0.2, -0.15) is 13.2 Å². The number of halogens is 3. The lowest BCUT2D eigenvalue weighted by molar-refractivity contribution is -0.191. The molecule has 8 heteroatoms. The quantitative estimate of drug-likeness (QED) is 0.687. The Labute approximate surface area is 127 Å². The molecule has 2 aliphatic rings. The van der Waals surface area contributed by atoms with E-state index in [-0.39, 0.29) is 11.1 Å². The van der Waals surface area contributed by atoms with E-state index in [1.54, 1.807) is 6.07 Å². The first kappa shape index (κ1) is 15.1. The van der Waals surface area contributed by atoms with Gasteiger partial charge in [-0.25, -0.2) is 9.79 Å². The normalized spacial score (nSPS) is 23.0. The fourth-order valence-corrected chi connectivity index (χ4v) is 2.57. The van der Waals surface area contributed by atoms with Gasteiger partial charge in [-0.05, 0) is 0 Å². The number of carbonyl (C=O) groups is 3. The highest BCUT2D eigenvalue weighted by Crippen LogP contribution is 2.35. The van der Waals surface area contributed by atoms with Crippen LogP contribution in [0.3, 0.4) is 0 Å². The van der Waals surface area contributed by atoms with E-state index in [0.717, 1.165) is 6.20 Å². The van der Waals surface area contributed by atoms with Crippen molar-refractivity contribution in [3.63, 3.8) is 0 Å². The van der Waals surface area contributed by atoms with E-state index in [4.69, 9.17) is 0 Å². The van der Waals surface area contributed by atoms with E-state index in [1.807, 2.05) is 0 Å². The summed E-state index contributed by atoms with van der Waals surface area (Å²) in [6, 6.07) is 5.97. The number of Topliss-reactive ketones (excluding diaryl/α,β-unsaturated/α-hetero) is 2. The summed E-state index contributed by atoms with van der Waals surface area (Å²) in [6.45, 7) is 0. The zero-order valence-electron chi connectivity index (χ0n) is 11.3. The Morgan fingerprint density at radius 1 is 1.09 bits per heavy atom. The lowest BCUT2D eigenvalue weighted by Crippen LogP contribution is -2.44. The Kier molecular flexibility index (Phi) is 3.39. The van der Waals surface area contributed by atoms with E-state index < -0.39 is 41.4 Å². The molecule has 118 valence electrons. The summed E-state index contributed by atoms with van der Waals surface area (Å²) in [5.74, 6) is -6.64. The van der Waals surface area contributed by atoms with Crippen molar-refractivity contribution in [2.24, 2.45) is 16.8 Å². The highest BCUT2D eigenvalue weighted by atomic mass is 19.4. The summed E-state index contributed by atoms with van der Waals surface area (Å²) < 4.78 is 41.2. The Hall–Kier alpha value is -2.77. The minimum Gasteiger partial charge on any atom is -0.404 e. The SMILES string of the molecule is O=C1c2ccccc2C(=O)C2C(OC(=O)C(F)(F)F)=NC=CC12. The number of carbonyl (C=O) groups excluding carboxylic acids is 3. The molecule has 0 saturated heterocycles. The molecule has 0 fully saturated rings. The van der Waals surface area contributed by atoms with E-state index in [2.05, 4.69) is 9.73 Å². The molecule has 1 heterocycles. The first-order valence-electron chi connectivity index (χ1n) is 6.51. The highest BCUT2D eigenvalue weighted by molar-refractivity contribution is 6.24. The van der Waals surface area contributed by atoms with Crippen molar-refractivity contribution in [1.29, 1.82) is 0 Å². The topological polar surface area (TPSA) is 72.8 Å². The summed E-state index contributed by atoms with van der Waals surface area (Å²) in [7, 11) is 0. The third-order valence-electron chi connectivity index (χ3n) is 3.59. The number of esters is 1. The predicted molar refractivity (Wildman–Crippen MR) is 70.8 cm³/mol. The van der Waals surface area contributed by atoms with Gasteiger partial charge >= 0.3 is 12.1 Å². The summed E-state index contributed by atoms with van der Waals surface area (Å²) in [5.41, 5.74) is 0.261. The van der Waals surface area contributed by atoms with Crippen molar-refractivity contribution in [1.82, 2.24) is 0 Å². The molecule has 2 atom stereocenters. The van der Waals surface area contributed by atoms with Gasteiger partial charge in [0.1, 0.15) is 5.92 Å². The smallest absolute Gasteiger partial charge is 0.404 e. The molecular formula is C15H8F3NO4. The first-order chi connectivity index (χ1) is 10.8.